The second kappa shape index (κ2) is 6.95. The summed E-state index contributed by atoms with van der Waals surface area (Å²) >= 11 is 6.01. The van der Waals surface area contributed by atoms with Gasteiger partial charge in [0, 0.05) is 19.2 Å². The fraction of sp³-hybridized carbons (Fsp3) is 0.200. The largest absolute Gasteiger partial charge is 0.496 e. The van der Waals surface area contributed by atoms with E-state index in [0.717, 1.165) is 11.3 Å². The van der Waals surface area contributed by atoms with Gasteiger partial charge >= 0.3 is 0 Å². The molecule has 0 atom stereocenters. The first-order valence-electron chi connectivity index (χ1n) is 6.40. The van der Waals surface area contributed by atoms with Crippen LogP contribution in [-0.4, -0.2) is 25.0 Å². The Kier molecular flexibility index (Phi) is 5.00. The van der Waals surface area contributed by atoms with E-state index in [1.165, 1.54) is 0 Å². The fourth-order valence-electron chi connectivity index (χ4n) is 1.85. The fourth-order valence-corrected chi connectivity index (χ4v) is 2.04. The summed E-state index contributed by atoms with van der Waals surface area (Å²) < 4.78 is 5.24. The second-order valence-corrected chi connectivity index (χ2v) is 4.68. The third kappa shape index (κ3) is 3.64. The van der Waals surface area contributed by atoms with E-state index in [-0.39, 0.29) is 11.6 Å². The SMILES string of the molecule is CNc1ccc(Cl)c(C(=O)NCc2ccccc2OC)n1. The second-order valence-electron chi connectivity index (χ2n) is 4.27. The van der Waals surface area contributed by atoms with E-state index in [9.17, 15) is 4.79 Å². The summed E-state index contributed by atoms with van der Waals surface area (Å²) in [5, 5.41) is 5.97. The van der Waals surface area contributed by atoms with Gasteiger partial charge in [-0.15, -0.1) is 0 Å². The highest BCUT2D eigenvalue weighted by Crippen LogP contribution is 2.19. The van der Waals surface area contributed by atoms with Crippen LogP contribution >= 0.6 is 11.6 Å². The molecule has 0 spiro atoms. The number of carbonyl (C=O) groups is 1. The lowest BCUT2D eigenvalue weighted by molar-refractivity contribution is 0.0946. The number of hydrogen-bond donors (Lipinski definition) is 2. The van der Waals surface area contributed by atoms with Crippen molar-refractivity contribution in [2.75, 3.05) is 19.5 Å². The number of nitrogens with one attached hydrogen (secondary N) is 2. The van der Waals surface area contributed by atoms with Crippen molar-refractivity contribution in [2.45, 2.75) is 6.54 Å². The third-order valence-corrected chi connectivity index (χ3v) is 3.25. The highest BCUT2D eigenvalue weighted by molar-refractivity contribution is 6.33. The van der Waals surface area contributed by atoms with Crippen molar-refractivity contribution in [1.29, 1.82) is 0 Å². The molecule has 1 amide bonds. The molecule has 2 rings (SSSR count). The lowest BCUT2D eigenvalue weighted by Gasteiger charge is -2.10. The van der Waals surface area contributed by atoms with Crippen LogP contribution in [0, 0.1) is 0 Å². The summed E-state index contributed by atoms with van der Waals surface area (Å²) in [6.45, 7) is 0.338. The van der Waals surface area contributed by atoms with E-state index < -0.39 is 0 Å². The maximum atomic E-state index is 12.2. The summed E-state index contributed by atoms with van der Waals surface area (Å²) in [6, 6.07) is 10.8. The predicted molar refractivity (Wildman–Crippen MR) is 83.0 cm³/mol. The maximum absolute atomic E-state index is 12.2. The first-order chi connectivity index (χ1) is 10.2. The minimum absolute atomic E-state index is 0.193. The van der Waals surface area contributed by atoms with E-state index in [2.05, 4.69) is 15.6 Å². The molecule has 2 N–H and O–H groups in total. The van der Waals surface area contributed by atoms with Crippen molar-refractivity contribution in [1.82, 2.24) is 10.3 Å². The summed E-state index contributed by atoms with van der Waals surface area (Å²) in [5.74, 6) is 0.977. The summed E-state index contributed by atoms with van der Waals surface area (Å²) in [5.41, 5.74) is 1.08. The van der Waals surface area contributed by atoms with Gasteiger partial charge in [0.2, 0.25) is 0 Å². The summed E-state index contributed by atoms with van der Waals surface area (Å²) in [7, 11) is 3.32. The predicted octanol–water partition coefficient (Wildman–Crippen LogP) is 2.72. The van der Waals surface area contributed by atoms with Gasteiger partial charge in [0.25, 0.3) is 5.91 Å². The van der Waals surface area contributed by atoms with Crippen LogP contribution in [0.5, 0.6) is 5.75 Å². The Labute approximate surface area is 128 Å². The minimum Gasteiger partial charge on any atom is -0.496 e. The van der Waals surface area contributed by atoms with Gasteiger partial charge in [-0.25, -0.2) is 4.98 Å². The number of amides is 1. The Morgan fingerprint density at radius 2 is 2.05 bits per heavy atom. The molecule has 0 bridgehead atoms. The lowest BCUT2D eigenvalue weighted by atomic mass is 10.2. The molecule has 110 valence electrons. The number of nitrogens with zero attached hydrogens (tertiary/aromatic N) is 1. The van der Waals surface area contributed by atoms with Crippen LogP contribution in [0.25, 0.3) is 0 Å². The van der Waals surface area contributed by atoms with E-state index in [0.29, 0.717) is 17.4 Å². The normalized spacial score (nSPS) is 10.0. The molecule has 0 radical (unpaired) electrons. The molecule has 0 saturated carbocycles. The van der Waals surface area contributed by atoms with Gasteiger partial charge in [0.05, 0.1) is 12.1 Å². The maximum Gasteiger partial charge on any atom is 0.271 e. The highest BCUT2D eigenvalue weighted by atomic mass is 35.5. The van der Waals surface area contributed by atoms with Crippen LogP contribution in [0.2, 0.25) is 5.02 Å². The summed E-state index contributed by atoms with van der Waals surface area (Å²) in [4.78, 5) is 16.3. The lowest BCUT2D eigenvalue weighted by Crippen LogP contribution is -2.24. The third-order valence-electron chi connectivity index (χ3n) is 2.95. The van der Waals surface area contributed by atoms with Crippen molar-refractivity contribution >= 4 is 23.3 Å². The molecule has 0 aliphatic rings. The number of ether oxygens (including phenoxy) is 1. The smallest absolute Gasteiger partial charge is 0.271 e. The number of benzene rings is 1. The molecule has 1 aromatic carbocycles. The molecule has 1 aromatic heterocycles. The molecule has 0 saturated heterocycles. The molecule has 6 heteroatoms. The molecule has 0 aliphatic heterocycles. The quantitative estimate of drug-likeness (QED) is 0.891. The van der Waals surface area contributed by atoms with Crippen LogP contribution in [0.15, 0.2) is 36.4 Å². The van der Waals surface area contributed by atoms with Crippen LogP contribution in [0.1, 0.15) is 16.1 Å². The van der Waals surface area contributed by atoms with E-state index in [1.54, 1.807) is 26.3 Å². The Morgan fingerprint density at radius 1 is 1.29 bits per heavy atom. The standard InChI is InChI=1S/C15H16ClN3O2/c1-17-13-8-7-11(16)14(19-13)15(20)18-9-10-5-3-4-6-12(10)21-2/h3-8H,9H2,1-2H3,(H,17,19)(H,18,20). The average molecular weight is 306 g/mol. The zero-order chi connectivity index (χ0) is 15.2. The van der Waals surface area contributed by atoms with Crippen molar-refractivity contribution in [3.8, 4) is 5.75 Å². The summed E-state index contributed by atoms with van der Waals surface area (Å²) in [6.07, 6.45) is 0. The number of pyridine rings is 1. The minimum atomic E-state index is -0.331. The number of para-hydroxylation sites is 1. The van der Waals surface area contributed by atoms with E-state index in [4.69, 9.17) is 16.3 Å². The number of aromatic nitrogens is 1. The molecule has 1 heterocycles. The number of methoxy groups -OCH3 is 1. The molecule has 2 aromatic rings. The monoisotopic (exact) mass is 305 g/mol. The average Bonchev–Trinajstić information content (AvgIpc) is 2.53. The van der Waals surface area contributed by atoms with Crippen molar-refractivity contribution in [3.05, 3.63) is 52.7 Å². The first-order valence-corrected chi connectivity index (χ1v) is 6.78. The Hall–Kier alpha value is -2.27. The molecule has 0 aliphatic carbocycles. The first kappa shape index (κ1) is 15.1. The number of hydrogen-bond acceptors (Lipinski definition) is 4. The molecular formula is C15H16ClN3O2. The molecular weight excluding hydrogens is 290 g/mol. The zero-order valence-electron chi connectivity index (χ0n) is 11.8. The van der Waals surface area contributed by atoms with Gasteiger partial charge in [-0.1, -0.05) is 29.8 Å². The van der Waals surface area contributed by atoms with Gasteiger partial charge in [-0.05, 0) is 18.2 Å². The van der Waals surface area contributed by atoms with E-state index >= 15 is 0 Å². The number of halogens is 1. The van der Waals surface area contributed by atoms with Gasteiger partial charge in [0.15, 0.2) is 0 Å². The van der Waals surface area contributed by atoms with Crippen LogP contribution in [0.4, 0.5) is 5.82 Å². The van der Waals surface area contributed by atoms with Crippen LogP contribution < -0.4 is 15.4 Å². The Balaban J connectivity index is 2.11. The van der Waals surface area contributed by atoms with E-state index in [1.807, 2.05) is 24.3 Å². The van der Waals surface area contributed by atoms with Gasteiger partial charge in [0.1, 0.15) is 17.3 Å². The van der Waals surface area contributed by atoms with Crippen molar-refractivity contribution in [2.24, 2.45) is 0 Å². The number of anilines is 1. The van der Waals surface area contributed by atoms with Crippen molar-refractivity contribution < 1.29 is 9.53 Å². The molecule has 21 heavy (non-hydrogen) atoms. The Morgan fingerprint density at radius 3 is 2.76 bits per heavy atom. The van der Waals surface area contributed by atoms with Crippen molar-refractivity contribution in [3.63, 3.8) is 0 Å². The molecule has 0 unspecified atom stereocenters. The number of rotatable bonds is 5. The Bertz CT molecular complexity index is 647. The van der Waals surface area contributed by atoms with Crippen LogP contribution in [0.3, 0.4) is 0 Å². The highest BCUT2D eigenvalue weighted by Gasteiger charge is 2.13. The molecule has 0 fully saturated rings. The topological polar surface area (TPSA) is 63.2 Å². The zero-order valence-corrected chi connectivity index (χ0v) is 12.6. The molecule has 5 nitrogen and oxygen atoms in total. The van der Waals surface area contributed by atoms with Gasteiger partial charge in [-0.3, -0.25) is 4.79 Å². The van der Waals surface area contributed by atoms with Gasteiger partial charge in [-0.2, -0.15) is 0 Å². The van der Waals surface area contributed by atoms with Gasteiger partial charge < -0.3 is 15.4 Å². The number of carbonyl (C=O) groups excluding carboxylic acids is 1. The van der Waals surface area contributed by atoms with Crippen LogP contribution in [-0.2, 0) is 6.54 Å².